The molecule has 0 saturated heterocycles. The normalized spacial score (nSPS) is 12.8. The maximum absolute atomic E-state index is 14.3. The second-order valence-electron chi connectivity index (χ2n) is 13.6. The van der Waals surface area contributed by atoms with Gasteiger partial charge in [-0.2, -0.15) is 0 Å². The number of aryl methyl sites for hydroxylation is 4. The van der Waals surface area contributed by atoms with Crippen molar-refractivity contribution in [1.29, 1.82) is 0 Å². The Morgan fingerprint density at radius 2 is 0.635 bits per heavy atom. The van der Waals surface area contributed by atoms with Gasteiger partial charge in [0, 0.05) is 0 Å². The van der Waals surface area contributed by atoms with Gasteiger partial charge in [0.2, 0.25) is 0 Å². The van der Waals surface area contributed by atoms with E-state index in [1.807, 2.05) is 185 Å². The zero-order valence-electron chi connectivity index (χ0n) is 29.9. The molecular weight excluding hydrogens is 645 g/mol. The fraction of sp³-hybridized carbons (Fsp3) is 0.174. The van der Waals surface area contributed by atoms with Crippen molar-refractivity contribution in [3.05, 3.63) is 213 Å². The summed E-state index contributed by atoms with van der Waals surface area (Å²) in [6, 6.07) is 46.1. The quantitative estimate of drug-likeness (QED) is 0.110. The molecule has 0 unspecified atom stereocenters. The van der Waals surface area contributed by atoms with Crippen LogP contribution in [0.15, 0.2) is 158 Å². The predicted molar refractivity (Wildman–Crippen MR) is 205 cm³/mol. The maximum Gasteiger partial charge on any atom is 0.309 e. The van der Waals surface area contributed by atoms with E-state index in [1.54, 1.807) is 0 Å². The molecule has 0 heterocycles. The topological polar surface area (TPSA) is 98.7 Å². The van der Waals surface area contributed by atoms with Crippen molar-refractivity contribution in [2.45, 2.75) is 51.0 Å². The number of nitrogens with one attached hydrogen (secondary N) is 2. The highest BCUT2D eigenvalue weighted by Crippen LogP contribution is 2.43. The van der Waals surface area contributed by atoms with Crippen LogP contribution in [0.3, 0.4) is 0 Å². The fourth-order valence-corrected chi connectivity index (χ4v) is 6.77. The van der Waals surface area contributed by atoms with Gasteiger partial charge in [-0.3, -0.25) is 9.59 Å². The molecule has 0 radical (unpaired) electrons. The van der Waals surface area contributed by atoms with Crippen molar-refractivity contribution in [2.24, 2.45) is 0 Å². The highest BCUT2D eigenvalue weighted by Gasteiger charge is 2.45. The number of aliphatic hydroxyl groups is 2. The lowest BCUT2D eigenvalue weighted by Crippen LogP contribution is -2.52. The molecule has 4 N–H and O–H groups in total. The third kappa shape index (κ3) is 7.31. The summed E-state index contributed by atoms with van der Waals surface area (Å²) >= 11 is 0. The van der Waals surface area contributed by atoms with Crippen molar-refractivity contribution < 1.29 is 19.8 Å². The van der Waals surface area contributed by atoms with Crippen LogP contribution in [0.25, 0.3) is 0 Å². The zero-order valence-corrected chi connectivity index (χ0v) is 29.9. The molecule has 6 rings (SSSR count). The number of rotatable bonds is 10. The van der Waals surface area contributed by atoms with Gasteiger partial charge in [0.1, 0.15) is 11.2 Å². The molecule has 52 heavy (non-hydrogen) atoms. The molecular formula is C46H44N2O4. The first-order valence-electron chi connectivity index (χ1n) is 17.4. The van der Waals surface area contributed by atoms with Crippen LogP contribution in [0.1, 0.15) is 67.7 Å². The average molecular weight is 689 g/mol. The lowest BCUT2D eigenvalue weighted by atomic mass is 9.76. The van der Waals surface area contributed by atoms with Crippen LogP contribution in [0.5, 0.6) is 0 Å². The summed E-state index contributed by atoms with van der Waals surface area (Å²) in [5.74, 6) is -1.94. The van der Waals surface area contributed by atoms with Crippen LogP contribution in [-0.2, 0) is 20.8 Å². The van der Waals surface area contributed by atoms with Crippen molar-refractivity contribution in [2.75, 3.05) is 0 Å². The van der Waals surface area contributed by atoms with E-state index in [-0.39, 0.29) is 0 Å². The standard InChI is InChI=1S/C46H44N2O4/c1-31-15-23-37(24-16-31)45(51,38-25-17-32(2)18-26-38)41(35-11-7-5-8-12-35)47-43(49)44(50)48-42(36-13-9-6-10-14-36)46(52,39-27-19-33(3)20-28-39)40-29-21-34(4)22-30-40/h5-30,41-42,51-52H,1-4H3,(H,47,49)(H,48,50)/t41-,42-/m1/s1. The Hall–Kier alpha value is -5.82. The molecule has 0 bridgehead atoms. The van der Waals surface area contributed by atoms with Gasteiger partial charge in [-0.25, -0.2) is 0 Å². The summed E-state index contributed by atoms with van der Waals surface area (Å²) in [5, 5.41) is 31.7. The Morgan fingerprint density at radius 3 is 0.865 bits per heavy atom. The molecule has 0 spiro atoms. The minimum Gasteiger partial charge on any atom is -0.378 e. The van der Waals surface area contributed by atoms with Gasteiger partial charge in [0.05, 0.1) is 12.1 Å². The molecule has 2 atom stereocenters. The highest BCUT2D eigenvalue weighted by atomic mass is 16.3. The Balaban J connectivity index is 1.44. The highest BCUT2D eigenvalue weighted by molar-refractivity contribution is 6.35. The lowest BCUT2D eigenvalue weighted by Gasteiger charge is -2.39. The first-order chi connectivity index (χ1) is 25.0. The molecule has 6 aromatic rings. The number of carbonyl (C=O) groups is 2. The monoisotopic (exact) mass is 688 g/mol. The van der Waals surface area contributed by atoms with E-state index >= 15 is 0 Å². The van der Waals surface area contributed by atoms with Gasteiger partial charge < -0.3 is 20.8 Å². The second kappa shape index (κ2) is 15.2. The summed E-state index contributed by atoms with van der Waals surface area (Å²) in [6.07, 6.45) is 0. The summed E-state index contributed by atoms with van der Waals surface area (Å²) < 4.78 is 0. The molecule has 0 aliphatic carbocycles. The van der Waals surface area contributed by atoms with Crippen molar-refractivity contribution in [3.8, 4) is 0 Å². The van der Waals surface area contributed by atoms with E-state index in [4.69, 9.17) is 0 Å². The molecule has 262 valence electrons. The first-order valence-corrected chi connectivity index (χ1v) is 17.4. The van der Waals surface area contributed by atoms with Crippen LogP contribution in [-0.4, -0.2) is 22.0 Å². The number of carbonyl (C=O) groups excluding carboxylic acids is 2. The Kier molecular flexibility index (Phi) is 10.5. The molecule has 6 heteroatoms. The molecule has 6 nitrogen and oxygen atoms in total. The summed E-state index contributed by atoms with van der Waals surface area (Å²) in [7, 11) is 0. The predicted octanol–water partition coefficient (Wildman–Crippen LogP) is 7.81. The van der Waals surface area contributed by atoms with Gasteiger partial charge in [-0.1, -0.05) is 180 Å². The number of benzene rings is 6. The molecule has 0 aliphatic heterocycles. The smallest absolute Gasteiger partial charge is 0.309 e. The van der Waals surface area contributed by atoms with Crippen molar-refractivity contribution >= 4 is 11.8 Å². The second-order valence-corrected chi connectivity index (χ2v) is 13.6. The fourth-order valence-electron chi connectivity index (χ4n) is 6.77. The third-order valence-electron chi connectivity index (χ3n) is 9.83. The SMILES string of the molecule is Cc1ccc(C(O)(c2ccc(C)cc2)[C@H](NC(=O)C(=O)N[C@H](c2ccccc2)C(O)(c2ccc(C)cc2)c2ccc(C)cc2)c2ccccc2)cc1. The van der Waals surface area contributed by atoms with Crippen LogP contribution < -0.4 is 10.6 Å². The van der Waals surface area contributed by atoms with Crippen LogP contribution in [0, 0.1) is 27.7 Å². The average Bonchev–Trinajstić information content (AvgIpc) is 3.17. The van der Waals surface area contributed by atoms with E-state index in [0.29, 0.717) is 33.4 Å². The van der Waals surface area contributed by atoms with Crippen molar-refractivity contribution in [3.63, 3.8) is 0 Å². The third-order valence-corrected chi connectivity index (χ3v) is 9.83. The van der Waals surface area contributed by atoms with E-state index in [9.17, 15) is 19.8 Å². The van der Waals surface area contributed by atoms with Gasteiger partial charge in [-0.15, -0.1) is 0 Å². The first kappa shape index (κ1) is 36.0. The van der Waals surface area contributed by atoms with Crippen LogP contribution in [0.4, 0.5) is 0 Å². The molecule has 0 aliphatic rings. The van der Waals surface area contributed by atoms with Crippen molar-refractivity contribution in [1.82, 2.24) is 10.6 Å². The van der Waals surface area contributed by atoms with Gasteiger partial charge in [0.25, 0.3) is 0 Å². The summed E-state index contributed by atoms with van der Waals surface area (Å²) in [4.78, 5) is 28.6. The molecule has 0 aromatic heterocycles. The van der Waals surface area contributed by atoms with E-state index in [0.717, 1.165) is 22.3 Å². The number of hydrogen-bond donors (Lipinski definition) is 4. The largest absolute Gasteiger partial charge is 0.378 e. The molecule has 6 aromatic carbocycles. The van der Waals surface area contributed by atoms with Crippen LogP contribution >= 0.6 is 0 Å². The van der Waals surface area contributed by atoms with Gasteiger partial charge in [-0.05, 0) is 61.1 Å². The maximum atomic E-state index is 14.3. The molecule has 0 fully saturated rings. The van der Waals surface area contributed by atoms with E-state index in [1.165, 1.54) is 0 Å². The lowest BCUT2D eigenvalue weighted by molar-refractivity contribution is -0.142. The van der Waals surface area contributed by atoms with Gasteiger partial charge >= 0.3 is 11.8 Å². The van der Waals surface area contributed by atoms with E-state index in [2.05, 4.69) is 10.6 Å². The molecule has 0 saturated carbocycles. The minimum atomic E-state index is -1.78. The summed E-state index contributed by atoms with van der Waals surface area (Å²) in [5.41, 5.74) is 3.88. The Morgan fingerprint density at radius 1 is 0.404 bits per heavy atom. The molecule has 2 amide bonds. The number of hydrogen-bond acceptors (Lipinski definition) is 4. The van der Waals surface area contributed by atoms with Gasteiger partial charge in [0.15, 0.2) is 0 Å². The Bertz CT molecular complexity index is 1860. The van der Waals surface area contributed by atoms with E-state index < -0.39 is 35.1 Å². The zero-order chi connectivity index (χ0) is 36.9. The number of amides is 2. The minimum absolute atomic E-state index is 0.548. The Labute approximate surface area is 305 Å². The summed E-state index contributed by atoms with van der Waals surface area (Å²) in [6.45, 7) is 7.86. The van der Waals surface area contributed by atoms with Crippen LogP contribution in [0.2, 0.25) is 0 Å².